The van der Waals surface area contributed by atoms with Crippen LogP contribution in [0.15, 0.2) is 0 Å². The molecule has 4 fully saturated rings. The van der Waals surface area contributed by atoms with Crippen LogP contribution < -0.4 is 0 Å². The average Bonchev–Trinajstić information content (AvgIpc) is 3.06. The Balaban J connectivity index is 1.45. The van der Waals surface area contributed by atoms with Gasteiger partial charge in [0.15, 0.2) is 0 Å². The van der Waals surface area contributed by atoms with E-state index in [9.17, 15) is 5.11 Å². The maximum atomic E-state index is 10.3. The van der Waals surface area contributed by atoms with Gasteiger partial charge in [0.2, 0.25) is 0 Å². The fourth-order valence-electron chi connectivity index (χ4n) is 9.90. The van der Waals surface area contributed by atoms with E-state index in [1.165, 1.54) is 64.2 Å². The SMILES string of the molecule is CC[C@H](CC[C@H](C)[C@@H]1CC[C@@H]2[C@@H]3CC[C@H]4C[C@H](O)CC[C@]4(C)[C@H]3CC[C@@]21C)C(C)C. The molecule has 0 saturated heterocycles. The molecule has 0 amide bonds. The van der Waals surface area contributed by atoms with Crippen LogP contribution in [0, 0.1) is 58.2 Å². The zero-order valence-corrected chi connectivity index (χ0v) is 21.1. The predicted molar refractivity (Wildman–Crippen MR) is 128 cm³/mol. The monoisotopic (exact) mass is 416 g/mol. The lowest BCUT2D eigenvalue weighted by atomic mass is 9.44. The molecule has 1 heteroatoms. The molecule has 0 radical (unpaired) electrons. The van der Waals surface area contributed by atoms with Crippen molar-refractivity contribution in [2.75, 3.05) is 0 Å². The molecule has 10 atom stereocenters. The van der Waals surface area contributed by atoms with Crippen LogP contribution in [0.3, 0.4) is 0 Å². The molecule has 174 valence electrons. The summed E-state index contributed by atoms with van der Waals surface area (Å²) >= 11 is 0. The Kier molecular flexibility index (Phi) is 6.72. The van der Waals surface area contributed by atoms with Gasteiger partial charge in [-0.15, -0.1) is 0 Å². The molecule has 0 aromatic carbocycles. The van der Waals surface area contributed by atoms with E-state index in [2.05, 4.69) is 41.5 Å². The molecule has 4 aliphatic rings. The van der Waals surface area contributed by atoms with Gasteiger partial charge in [-0.3, -0.25) is 0 Å². The maximum Gasteiger partial charge on any atom is 0.0543 e. The Bertz CT molecular complexity index is 583. The molecular weight excluding hydrogens is 364 g/mol. The molecule has 4 rings (SSSR count). The summed E-state index contributed by atoms with van der Waals surface area (Å²) in [6, 6.07) is 0. The van der Waals surface area contributed by atoms with E-state index in [4.69, 9.17) is 0 Å². The lowest BCUT2D eigenvalue weighted by Gasteiger charge is -2.61. The topological polar surface area (TPSA) is 20.2 Å². The summed E-state index contributed by atoms with van der Waals surface area (Å²) in [5.74, 6) is 7.34. The Labute approximate surface area is 188 Å². The van der Waals surface area contributed by atoms with E-state index in [1.54, 1.807) is 0 Å². The molecule has 0 unspecified atom stereocenters. The molecule has 0 aromatic rings. The smallest absolute Gasteiger partial charge is 0.0543 e. The number of hydrogen-bond acceptors (Lipinski definition) is 1. The average molecular weight is 417 g/mol. The normalized spacial score (nSPS) is 48.0. The second-order valence-electron chi connectivity index (χ2n) is 13.3. The van der Waals surface area contributed by atoms with Gasteiger partial charge in [-0.1, -0.05) is 54.4 Å². The molecule has 0 heterocycles. The van der Waals surface area contributed by atoms with Crippen molar-refractivity contribution in [1.82, 2.24) is 0 Å². The summed E-state index contributed by atoms with van der Waals surface area (Å²) < 4.78 is 0. The highest BCUT2D eigenvalue weighted by molar-refractivity contribution is 5.09. The van der Waals surface area contributed by atoms with Gasteiger partial charge in [0.25, 0.3) is 0 Å². The summed E-state index contributed by atoms with van der Waals surface area (Å²) in [4.78, 5) is 0. The Hall–Kier alpha value is -0.0400. The van der Waals surface area contributed by atoms with Crippen molar-refractivity contribution in [3.05, 3.63) is 0 Å². The highest BCUT2D eigenvalue weighted by Crippen LogP contribution is 2.68. The van der Waals surface area contributed by atoms with E-state index in [1.807, 2.05) is 0 Å². The predicted octanol–water partition coefficient (Wildman–Crippen LogP) is 8.10. The lowest BCUT2D eigenvalue weighted by Crippen LogP contribution is -2.54. The summed E-state index contributed by atoms with van der Waals surface area (Å²) in [6.07, 6.45) is 16.5. The third kappa shape index (κ3) is 3.82. The molecule has 0 spiro atoms. The molecule has 4 aliphatic carbocycles. The standard InChI is InChI=1S/C29H52O/c1-7-21(19(2)3)9-8-20(4)25-12-13-26-24-11-10-22-18-23(30)14-16-28(22,5)27(24)15-17-29(25,26)6/h19-27,30H,7-18H2,1-6H3/t20-,21+,22-,23+,24-,25-,26+,27-,28-,29+/m0/s1. The van der Waals surface area contributed by atoms with E-state index in [0.717, 1.165) is 60.2 Å². The first-order valence-corrected chi connectivity index (χ1v) is 13.9. The lowest BCUT2D eigenvalue weighted by molar-refractivity contribution is -0.129. The van der Waals surface area contributed by atoms with Crippen molar-refractivity contribution in [2.45, 2.75) is 125 Å². The molecule has 4 saturated carbocycles. The quantitative estimate of drug-likeness (QED) is 0.463. The van der Waals surface area contributed by atoms with Gasteiger partial charge >= 0.3 is 0 Å². The van der Waals surface area contributed by atoms with E-state index in [-0.39, 0.29) is 6.10 Å². The van der Waals surface area contributed by atoms with Crippen LogP contribution in [0.2, 0.25) is 0 Å². The minimum absolute atomic E-state index is 0.0111. The van der Waals surface area contributed by atoms with Gasteiger partial charge in [0, 0.05) is 0 Å². The van der Waals surface area contributed by atoms with E-state index >= 15 is 0 Å². The van der Waals surface area contributed by atoms with Gasteiger partial charge in [-0.25, -0.2) is 0 Å². The van der Waals surface area contributed by atoms with Crippen LogP contribution >= 0.6 is 0 Å². The van der Waals surface area contributed by atoms with E-state index < -0.39 is 0 Å². The van der Waals surface area contributed by atoms with Crippen molar-refractivity contribution < 1.29 is 5.11 Å². The van der Waals surface area contributed by atoms with Crippen molar-refractivity contribution in [2.24, 2.45) is 58.2 Å². The molecule has 0 aromatic heterocycles. The number of aliphatic hydroxyl groups is 1. The Morgan fingerprint density at radius 3 is 2.23 bits per heavy atom. The number of fused-ring (bicyclic) bond motifs is 5. The zero-order chi connectivity index (χ0) is 21.7. The molecule has 1 N–H and O–H groups in total. The first-order valence-electron chi connectivity index (χ1n) is 13.9. The first kappa shape index (κ1) is 23.1. The van der Waals surface area contributed by atoms with Crippen molar-refractivity contribution in [3.8, 4) is 0 Å². The number of rotatable bonds is 6. The van der Waals surface area contributed by atoms with Gasteiger partial charge in [-0.05, 0) is 122 Å². The molecule has 0 bridgehead atoms. The van der Waals surface area contributed by atoms with Crippen LogP contribution in [0.1, 0.15) is 119 Å². The third-order valence-corrected chi connectivity index (χ3v) is 11.9. The van der Waals surface area contributed by atoms with Crippen LogP contribution in [0.25, 0.3) is 0 Å². The summed E-state index contributed by atoms with van der Waals surface area (Å²) in [7, 11) is 0. The maximum absolute atomic E-state index is 10.3. The fraction of sp³-hybridized carbons (Fsp3) is 1.00. The molecule has 1 nitrogen and oxygen atoms in total. The minimum Gasteiger partial charge on any atom is -0.393 e. The number of aliphatic hydroxyl groups excluding tert-OH is 1. The zero-order valence-electron chi connectivity index (χ0n) is 21.1. The third-order valence-electron chi connectivity index (χ3n) is 11.9. The molecule has 30 heavy (non-hydrogen) atoms. The van der Waals surface area contributed by atoms with Crippen molar-refractivity contribution >= 4 is 0 Å². The largest absolute Gasteiger partial charge is 0.393 e. The van der Waals surface area contributed by atoms with Gasteiger partial charge in [0.05, 0.1) is 6.10 Å². The van der Waals surface area contributed by atoms with Crippen molar-refractivity contribution in [3.63, 3.8) is 0 Å². The van der Waals surface area contributed by atoms with Crippen LogP contribution in [0.5, 0.6) is 0 Å². The van der Waals surface area contributed by atoms with E-state index in [0.29, 0.717) is 10.8 Å². The van der Waals surface area contributed by atoms with Crippen molar-refractivity contribution in [1.29, 1.82) is 0 Å². The van der Waals surface area contributed by atoms with Crippen LogP contribution in [0.4, 0.5) is 0 Å². The highest BCUT2D eigenvalue weighted by atomic mass is 16.3. The fourth-order valence-corrected chi connectivity index (χ4v) is 9.90. The highest BCUT2D eigenvalue weighted by Gasteiger charge is 2.60. The molecule has 0 aliphatic heterocycles. The second kappa shape index (κ2) is 8.72. The van der Waals surface area contributed by atoms with Gasteiger partial charge < -0.3 is 5.11 Å². The summed E-state index contributed by atoms with van der Waals surface area (Å²) in [5, 5.41) is 10.3. The first-order chi connectivity index (χ1) is 14.2. The number of hydrogen-bond donors (Lipinski definition) is 1. The van der Waals surface area contributed by atoms with Gasteiger partial charge in [0.1, 0.15) is 0 Å². The van der Waals surface area contributed by atoms with Gasteiger partial charge in [-0.2, -0.15) is 0 Å². The molecular formula is C29H52O. The minimum atomic E-state index is -0.0111. The summed E-state index contributed by atoms with van der Waals surface area (Å²) in [6.45, 7) is 15.2. The van der Waals surface area contributed by atoms with Crippen LogP contribution in [-0.2, 0) is 0 Å². The Morgan fingerprint density at radius 2 is 1.53 bits per heavy atom. The second-order valence-corrected chi connectivity index (χ2v) is 13.3. The van der Waals surface area contributed by atoms with Crippen LogP contribution in [-0.4, -0.2) is 11.2 Å². The summed E-state index contributed by atoms with van der Waals surface area (Å²) in [5.41, 5.74) is 1.14. The Morgan fingerprint density at radius 1 is 0.833 bits per heavy atom.